The summed E-state index contributed by atoms with van der Waals surface area (Å²) in [6, 6.07) is -11.3. The van der Waals surface area contributed by atoms with Crippen molar-refractivity contribution in [3.8, 4) is 0 Å². The van der Waals surface area contributed by atoms with Crippen LogP contribution in [0.3, 0.4) is 0 Å². The highest BCUT2D eigenvalue weighted by Crippen LogP contribution is 2.26. The molecule has 1 aliphatic heterocycles. The van der Waals surface area contributed by atoms with Crippen molar-refractivity contribution < 1.29 is 134 Å². The number of cyclic esters (lactones) is 1. The van der Waals surface area contributed by atoms with Gasteiger partial charge < -0.3 is 116 Å². The first-order valence-electron chi connectivity index (χ1n) is 33.3. The molecule has 2 rings (SSSR count). The summed E-state index contributed by atoms with van der Waals surface area (Å²) in [7, 11) is 0. The van der Waals surface area contributed by atoms with Crippen molar-refractivity contribution in [3.63, 3.8) is 0 Å². The highest BCUT2D eigenvalue weighted by molar-refractivity contribution is 6.00. The zero-order valence-electron chi connectivity index (χ0n) is 61.3. The number of aliphatic carboxylic acids is 2. The Morgan fingerprint density at radius 1 is 0.654 bits per heavy atom. The normalized spacial score (nSPS) is 22.8. The van der Waals surface area contributed by atoms with Gasteiger partial charge >= 0.3 is 30.3 Å². The summed E-state index contributed by atoms with van der Waals surface area (Å²) in [6.45, 7) is 18.0. The third kappa shape index (κ3) is 36.5. The maximum atomic E-state index is 15.4. The number of carbonyl (C=O) groups excluding carboxylic acids is 12. The minimum atomic E-state index is -5.08. The average Bonchev–Trinajstić information content (AvgIpc) is 0.812. The Morgan fingerprint density at radius 3 is 1.60 bits per heavy atom. The topological polar surface area (TPSA) is 616 Å². The van der Waals surface area contributed by atoms with E-state index in [1.54, 1.807) is 48.5 Å². The Balaban J connectivity index is 0.00000724. The summed E-state index contributed by atoms with van der Waals surface area (Å²) in [5, 5.41) is 82.3. The molecular weight excluding hydrogens is 1440 g/mol. The fourth-order valence-electron chi connectivity index (χ4n) is 9.20. The predicted molar refractivity (Wildman–Crippen MR) is 364 cm³/mol. The van der Waals surface area contributed by atoms with Gasteiger partial charge in [0.15, 0.2) is 24.2 Å². The second kappa shape index (κ2) is 44.5. The number of nitrogens with two attached hydrogens (primary N) is 4. The number of halogens is 6. The van der Waals surface area contributed by atoms with E-state index in [4.69, 9.17) is 52.2 Å². The number of nitrogens with one attached hydrogen (secondary N) is 10. The minimum absolute atomic E-state index is 0.0379. The fourth-order valence-corrected chi connectivity index (χ4v) is 9.20. The van der Waals surface area contributed by atoms with E-state index in [2.05, 4.69) is 47.5 Å². The molecule has 1 saturated heterocycles. The van der Waals surface area contributed by atoms with E-state index in [1.165, 1.54) is 44.2 Å². The summed E-state index contributed by atoms with van der Waals surface area (Å²) in [4.78, 5) is 192. The first-order chi connectivity index (χ1) is 49.0. The van der Waals surface area contributed by atoms with E-state index in [0.717, 1.165) is 6.92 Å². The van der Waals surface area contributed by atoms with Gasteiger partial charge in [0.25, 0.3) is 0 Å². The summed E-state index contributed by atoms with van der Waals surface area (Å²) in [5.41, 5.74) is 21.2. The van der Waals surface area contributed by atoms with Crippen LogP contribution >= 0.6 is 0 Å². The molecule has 15 atom stereocenters. The number of aliphatic hydroxyl groups excluding tert-OH is 4. The Morgan fingerprint density at radius 2 is 1.14 bits per heavy atom. The number of rotatable bonds is 22. The molecule has 1 aromatic carbocycles. The van der Waals surface area contributed by atoms with Gasteiger partial charge in [-0.05, 0) is 82.1 Å². The molecule has 1 unspecified atom stereocenters. The molecule has 43 heteroatoms. The third-order valence-corrected chi connectivity index (χ3v) is 15.0. The van der Waals surface area contributed by atoms with E-state index < -0.39 is 229 Å². The number of esters is 1. The zero-order valence-corrected chi connectivity index (χ0v) is 61.3. The third-order valence-electron chi connectivity index (χ3n) is 15.0. The lowest BCUT2D eigenvalue weighted by molar-refractivity contribution is -0.193. The SMILES string of the molecule is CC[C@H](C)C1NC(=O)[C@@H](CCCN=C(N)N)NC(=O)[C@H](CC(C)C)NC(=O)[C@H]([C@H](O)C(C)C)NC(=O)[C@@H](NC(=O)[C@H](COC(C)(C)C)NC(=O)[C@H](N)CC(C)(C)C)[C@@H](c2ccccc2)OC(=O)[C@H](CO)NC(=O)[C@H]([C@H](O)C(N)=O)NC(=O)CNC(=O)[C@H]([C@H](C)O)NC1=O.O=C(O)C(F)(F)F.O=C(O)C(F)(F)F. The van der Waals surface area contributed by atoms with Crippen LogP contribution in [0.4, 0.5) is 26.3 Å². The van der Waals surface area contributed by atoms with Crippen molar-refractivity contribution in [2.24, 2.45) is 51.1 Å². The quantitative estimate of drug-likeness (QED) is 0.0173. The van der Waals surface area contributed by atoms with Crippen LogP contribution in [0.5, 0.6) is 0 Å². The Kier molecular flexibility index (Phi) is 40.5. The number of guanidine groups is 1. The first-order valence-corrected chi connectivity index (χ1v) is 33.3. The zero-order chi connectivity index (χ0) is 83.1. The van der Waals surface area contributed by atoms with Crippen LogP contribution in [0.15, 0.2) is 35.3 Å². The van der Waals surface area contributed by atoms with Gasteiger partial charge in [-0.3, -0.25) is 57.7 Å². The average molecular weight is 1550 g/mol. The number of alkyl halides is 6. The molecule has 107 heavy (non-hydrogen) atoms. The second-order valence-electron chi connectivity index (χ2n) is 27.6. The van der Waals surface area contributed by atoms with Crippen LogP contribution in [0.1, 0.15) is 134 Å². The molecule has 1 aromatic rings. The summed E-state index contributed by atoms with van der Waals surface area (Å²) >= 11 is 0. The van der Waals surface area contributed by atoms with E-state index in [9.17, 15) is 99.5 Å². The number of benzene rings is 1. The number of aliphatic hydroxyl groups is 4. The van der Waals surface area contributed by atoms with Crippen LogP contribution in [0.25, 0.3) is 0 Å². The van der Waals surface area contributed by atoms with Crippen LogP contribution in [0.2, 0.25) is 0 Å². The predicted octanol–water partition coefficient (Wildman–Crippen LogP) is -4.01. The van der Waals surface area contributed by atoms with Gasteiger partial charge in [0, 0.05) is 6.54 Å². The molecule has 1 fully saturated rings. The molecule has 11 amide bonds. The number of primary amides is 1. The molecule has 0 bridgehead atoms. The lowest BCUT2D eigenvalue weighted by atomic mass is 9.88. The number of carboxylic acids is 2. The molecule has 0 spiro atoms. The van der Waals surface area contributed by atoms with Crippen LogP contribution in [-0.4, -0.2) is 242 Å². The largest absolute Gasteiger partial charge is 0.490 e. The number of nitrogens with zero attached hydrogens (tertiary/aromatic N) is 1. The number of ether oxygens (including phenoxy) is 2. The maximum absolute atomic E-state index is 15.4. The molecule has 0 radical (unpaired) electrons. The molecule has 24 N–H and O–H groups in total. The molecule has 37 nitrogen and oxygen atoms in total. The summed E-state index contributed by atoms with van der Waals surface area (Å²) in [6.07, 6.45) is -18.4. The van der Waals surface area contributed by atoms with E-state index >= 15 is 4.79 Å². The number of amides is 11. The molecule has 608 valence electrons. The van der Waals surface area contributed by atoms with Gasteiger partial charge in [0.1, 0.15) is 48.3 Å². The number of carbonyl (C=O) groups is 14. The fraction of sp³-hybridized carbons (Fsp3) is 0.672. The van der Waals surface area contributed by atoms with E-state index in [1.807, 2.05) is 31.4 Å². The van der Waals surface area contributed by atoms with Gasteiger partial charge in [-0.25, -0.2) is 14.4 Å². The van der Waals surface area contributed by atoms with Gasteiger partial charge in [-0.2, -0.15) is 26.3 Å². The number of hydrogen-bond donors (Lipinski definition) is 20. The number of hydrogen-bond acceptors (Lipinski definition) is 22. The smallest absolute Gasteiger partial charge is 0.475 e. The van der Waals surface area contributed by atoms with Crippen molar-refractivity contribution in [1.82, 2.24) is 53.2 Å². The molecule has 0 saturated carbocycles. The molecule has 1 aliphatic rings. The van der Waals surface area contributed by atoms with Crippen LogP contribution in [-0.2, 0) is 76.6 Å². The van der Waals surface area contributed by atoms with Gasteiger partial charge in [-0.1, -0.05) is 99.1 Å². The van der Waals surface area contributed by atoms with Crippen LogP contribution in [0, 0.1) is 23.2 Å². The second-order valence-corrected chi connectivity index (χ2v) is 27.6. The minimum Gasteiger partial charge on any atom is -0.475 e. The van der Waals surface area contributed by atoms with Crippen LogP contribution < -0.4 is 76.1 Å². The number of aliphatic imine (C=N–C) groups is 1. The monoisotopic (exact) mass is 1550 g/mol. The van der Waals surface area contributed by atoms with Crippen molar-refractivity contribution in [3.05, 3.63) is 35.9 Å². The van der Waals surface area contributed by atoms with Crippen molar-refractivity contribution in [2.75, 3.05) is 26.3 Å². The standard InChI is InChI=1S/C60H101N15O18.2C2HF3O2/c1-14-30(6)39-53(87)73-40(31(7)77)52(86)66-25-38(78)71-42(45(80)47(62)81)55(89)69-36(26-76)57(91)93-46(32-19-16-15-17-20-32)43(75-51(85)37(27-92-60(11,12)13)70-48(82)33(61)24-59(8,9)10)56(90)74-41(44(79)29(4)5)54(88)68-35(23-28(2)3)50(84)67-34(49(83)72-39)21-18-22-65-58(63)64;2*3-2(4,5)1(6)7/h15-17,19-20,28-31,33-37,39-46,76-77,79-80H,14,18,21-27,61H2,1-13H3,(H2,62,81)(H,66,86)(H,67,84)(H,68,88)(H,69,89)(H,70,82)(H,71,78)(H,72,83)(H,73,87)(H,74,90)(H,75,85)(H4,63,64,65);2*(H,6,7)/t30-,31-,33+,34+,35-,36-,37-,39?,40-,41-,42-,43-,44+,45-,46+;;/m0../s1. The Hall–Kier alpha value is -9.59. The molecule has 0 aromatic heterocycles. The van der Waals surface area contributed by atoms with E-state index in [-0.39, 0.29) is 50.2 Å². The van der Waals surface area contributed by atoms with Crippen molar-refractivity contribution in [2.45, 2.75) is 225 Å². The van der Waals surface area contributed by atoms with Gasteiger partial charge in [0.2, 0.25) is 65.0 Å². The highest BCUT2D eigenvalue weighted by Gasteiger charge is 2.45. The maximum Gasteiger partial charge on any atom is 0.490 e. The lowest BCUT2D eigenvalue weighted by Gasteiger charge is -2.34. The Bertz CT molecular complexity index is 3180. The summed E-state index contributed by atoms with van der Waals surface area (Å²) < 4.78 is 75.4. The first kappa shape index (κ1) is 97.4. The molecular formula is C64H103F6N15O22. The van der Waals surface area contributed by atoms with Gasteiger partial charge in [-0.15, -0.1) is 0 Å². The Labute approximate surface area is 612 Å². The van der Waals surface area contributed by atoms with Gasteiger partial charge in [0.05, 0.1) is 43.6 Å². The van der Waals surface area contributed by atoms with E-state index in [0.29, 0.717) is 0 Å². The molecule has 0 aliphatic carbocycles. The molecule has 1 heterocycles. The number of carboxylic acid groups (broad SMARTS) is 2. The van der Waals surface area contributed by atoms with Crippen molar-refractivity contribution >= 4 is 88.8 Å². The van der Waals surface area contributed by atoms with Crippen molar-refractivity contribution in [1.29, 1.82) is 0 Å². The lowest BCUT2D eigenvalue weighted by Crippen LogP contribution is -2.64. The highest BCUT2D eigenvalue weighted by atomic mass is 19.4. The summed E-state index contributed by atoms with van der Waals surface area (Å²) in [5.74, 6) is -22.7.